The van der Waals surface area contributed by atoms with E-state index in [2.05, 4.69) is 27.5 Å². The predicted octanol–water partition coefficient (Wildman–Crippen LogP) is 4.03. The fraction of sp³-hybridized carbons (Fsp3) is 0.533. The Balaban J connectivity index is 1.68. The second-order valence-corrected chi connectivity index (χ2v) is 13.1. The number of carbonyl (C=O) groups is 1. The van der Waals surface area contributed by atoms with Crippen LogP contribution in [0.1, 0.15) is 67.8 Å². The highest BCUT2D eigenvalue weighted by Crippen LogP contribution is 2.48. The number of nitrogens with one attached hydrogen (secondary N) is 2. The summed E-state index contributed by atoms with van der Waals surface area (Å²) in [4.78, 5) is 28.5. The number of anilines is 2. The van der Waals surface area contributed by atoms with E-state index in [-0.39, 0.29) is 63.7 Å². The third-order valence-corrected chi connectivity index (χ3v) is 8.81. The molecule has 44 heavy (non-hydrogen) atoms. The van der Waals surface area contributed by atoms with E-state index in [0.29, 0.717) is 6.54 Å². The van der Waals surface area contributed by atoms with Crippen LogP contribution in [-0.4, -0.2) is 68.4 Å². The van der Waals surface area contributed by atoms with E-state index >= 15 is 4.39 Å². The molecule has 3 aromatic rings. The van der Waals surface area contributed by atoms with Crippen molar-refractivity contribution in [1.82, 2.24) is 25.6 Å². The zero-order chi connectivity index (χ0) is 32.1. The van der Waals surface area contributed by atoms with Crippen LogP contribution < -0.4 is 26.0 Å². The molecular formula is C30H35F4N7O3. The molecule has 0 aliphatic carbocycles. The number of aromatic nitrogens is 3. The lowest BCUT2D eigenvalue weighted by atomic mass is 9.95. The van der Waals surface area contributed by atoms with Gasteiger partial charge in [-0.3, -0.25) is 4.79 Å². The van der Waals surface area contributed by atoms with Crippen molar-refractivity contribution in [3.05, 3.63) is 34.4 Å². The quantitative estimate of drug-likeness (QED) is 0.320. The third kappa shape index (κ3) is 4.87. The van der Waals surface area contributed by atoms with E-state index in [0.717, 1.165) is 25.8 Å². The number of rotatable bonds is 4. The molecule has 6 heterocycles. The number of nitrogen functional groups attached to an aromatic ring is 1. The number of aliphatic hydroxyl groups is 1. The number of aryl methyl sites for hydroxylation is 2. The highest BCUT2D eigenvalue weighted by atomic mass is 19.4. The van der Waals surface area contributed by atoms with Crippen molar-refractivity contribution in [3.63, 3.8) is 0 Å². The highest BCUT2D eigenvalue weighted by molar-refractivity contribution is 6.07. The first kappa shape index (κ1) is 30.3. The van der Waals surface area contributed by atoms with E-state index in [9.17, 15) is 23.1 Å². The maximum Gasteiger partial charge on any atom is 0.418 e. The Bertz CT molecular complexity index is 1710. The minimum Gasteiger partial charge on any atom is -0.472 e. The SMILES string of the molecule is Cc1nc(N)cc(-c2nc3c4c(nc(C(=O)NCC(C)(C)O)c(C)c4c2F)N2CC4(C)CCC(N4)C2C(C)O3)c1C(F)(F)F. The number of hydrogen-bond donors (Lipinski definition) is 4. The Labute approximate surface area is 251 Å². The lowest BCUT2D eigenvalue weighted by Gasteiger charge is -2.46. The van der Waals surface area contributed by atoms with Crippen LogP contribution in [0.25, 0.3) is 22.0 Å². The van der Waals surface area contributed by atoms with Crippen LogP contribution in [0.5, 0.6) is 5.88 Å². The van der Waals surface area contributed by atoms with E-state index in [1.807, 2.05) is 11.8 Å². The maximum atomic E-state index is 16.9. The minimum absolute atomic E-state index is 0.0209. The number of piperazine rings is 1. The Morgan fingerprint density at radius 2 is 1.95 bits per heavy atom. The number of amides is 1. The van der Waals surface area contributed by atoms with Gasteiger partial charge in [-0.25, -0.2) is 19.3 Å². The summed E-state index contributed by atoms with van der Waals surface area (Å²) >= 11 is 0. The smallest absolute Gasteiger partial charge is 0.418 e. The summed E-state index contributed by atoms with van der Waals surface area (Å²) in [5.41, 5.74) is 1.48. The van der Waals surface area contributed by atoms with Gasteiger partial charge in [0.2, 0.25) is 5.88 Å². The van der Waals surface area contributed by atoms with Gasteiger partial charge in [-0.05, 0) is 66.0 Å². The van der Waals surface area contributed by atoms with Crippen LogP contribution >= 0.6 is 0 Å². The number of pyridine rings is 3. The van der Waals surface area contributed by atoms with E-state index in [1.165, 1.54) is 20.8 Å². The van der Waals surface area contributed by atoms with Gasteiger partial charge in [-0.15, -0.1) is 0 Å². The van der Waals surface area contributed by atoms with Gasteiger partial charge in [-0.1, -0.05) is 0 Å². The molecule has 0 radical (unpaired) electrons. The molecule has 0 saturated carbocycles. The number of hydrogen-bond acceptors (Lipinski definition) is 9. The maximum absolute atomic E-state index is 16.9. The number of ether oxygens (including phenoxy) is 1. The number of alkyl halides is 3. The lowest BCUT2D eigenvalue weighted by Crippen LogP contribution is -2.66. The first-order valence-corrected chi connectivity index (χ1v) is 14.5. The number of halogens is 4. The van der Waals surface area contributed by atoms with Gasteiger partial charge in [0.15, 0.2) is 5.82 Å². The topological polar surface area (TPSA) is 139 Å². The first-order chi connectivity index (χ1) is 20.4. The van der Waals surface area contributed by atoms with Gasteiger partial charge in [0.1, 0.15) is 29.1 Å². The second-order valence-electron chi connectivity index (χ2n) is 13.1. The van der Waals surface area contributed by atoms with Crippen LogP contribution in [0.3, 0.4) is 0 Å². The molecule has 2 bridgehead atoms. The zero-order valence-corrected chi connectivity index (χ0v) is 25.3. The molecule has 236 valence electrons. The van der Waals surface area contributed by atoms with Crippen molar-refractivity contribution in [2.24, 2.45) is 0 Å². The molecule has 3 aliphatic rings. The molecule has 5 N–H and O–H groups in total. The van der Waals surface area contributed by atoms with Crippen LogP contribution in [0.2, 0.25) is 0 Å². The third-order valence-electron chi connectivity index (χ3n) is 8.81. The lowest BCUT2D eigenvalue weighted by molar-refractivity contribution is -0.137. The van der Waals surface area contributed by atoms with Crippen molar-refractivity contribution in [1.29, 1.82) is 0 Å². The average molecular weight is 618 g/mol. The molecule has 10 nitrogen and oxygen atoms in total. The molecule has 0 aromatic carbocycles. The van der Waals surface area contributed by atoms with Crippen molar-refractivity contribution in [2.75, 3.05) is 23.7 Å². The summed E-state index contributed by atoms with van der Waals surface area (Å²) in [6.07, 6.45) is -3.70. The zero-order valence-electron chi connectivity index (χ0n) is 25.3. The summed E-state index contributed by atoms with van der Waals surface area (Å²) in [6.45, 7) is 9.94. The van der Waals surface area contributed by atoms with Gasteiger partial charge in [0.05, 0.1) is 28.3 Å². The standard InChI is InChI=1S/C30H35F4N7O3/c1-12-18-19-25(38-22(12)26(42)36-10-28(4,5)43)41-11-29(6)8-7-16(40-29)24(41)14(3)44-27(19)39-23(21(18)31)15-9-17(35)37-13(2)20(15)30(32,33)34/h9,14,16,24,40,43H,7-8,10-11H2,1-6H3,(H2,35,37)(H,36,42). The van der Waals surface area contributed by atoms with Crippen LogP contribution in [-0.2, 0) is 6.18 Å². The molecule has 3 aromatic heterocycles. The Morgan fingerprint density at radius 1 is 1.25 bits per heavy atom. The molecule has 2 fully saturated rings. The largest absolute Gasteiger partial charge is 0.472 e. The normalized spacial score (nSPS) is 24.6. The van der Waals surface area contributed by atoms with Gasteiger partial charge >= 0.3 is 6.18 Å². The van der Waals surface area contributed by atoms with Crippen molar-refractivity contribution in [2.45, 2.75) is 89.9 Å². The average Bonchev–Trinajstić information content (AvgIpc) is 3.14. The summed E-state index contributed by atoms with van der Waals surface area (Å²) in [5, 5.41) is 16.6. The van der Waals surface area contributed by atoms with Gasteiger partial charge in [0.25, 0.3) is 5.91 Å². The summed E-state index contributed by atoms with van der Waals surface area (Å²) < 4.78 is 66.3. The molecule has 4 atom stereocenters. The molecule has 3 aliphatic heterocycles. The second kappa shape index (κ2) is 9.86. The van der Waals surface area contributed by atoms with Crippen LogP contribution in [0.15, 0.2) is 6.07 Å². The van der Waals surface area contributed by atoms with Crippen LogP contribution in [0, 0.1) is 19.7 Å². The Morgan fingerprint density at radius 3 is 2.61 bits per heavy atom. The predicted molar refractivity (Wildman–Crippen MR) is 156 cm³/mol. The number of carbonyl (C=O) groups excluding carboxylic acids is 1. The monoisotopic (exact) mass is 617 g/mol. The summed E-state index contributed by atoms with van der Waals surface area (Å²) in [6, 6.07) is 0.635. The van der Waals surface area contributed by atoms with Gasteiger partial charge < -0.3 is 31.1 Å². The molecule has 1 amide bonds. The Hall–Kier alpha value is -3.78. The number of fused-ring (bicyclic) bond motifs is 5. The fourth-order valence-corrected chi connectivity index (χ4v) is 6.97. The van der Waals surface area contributed by atoms with Gasteiger partial charge in [-0.2, -0.15) is 13.2 Å². The Kier molecular flexibility index (Phi) is 6.78. The minimum atomic E-state index is -4.90. The van der Waals surface area contributed by atoms with E-state index in [4.69, 9.17) is 15.5 Å². The summed E-state index contributed by atoms with van der Waals surface area (Å²) in [5.74, 6) is -1.80. The molecule has 0 spiro atoms. The molecule has 14 heteroatoms. The fourth-order valence-electron chi connectivity index (χ4n) is 6.97. The van der Waals surface area contributed by atoms with Gasteiger partial charge in [0, 0.05) is 35.6 Å². The highest BCUT2D eigenvalue weighted by Gasteiger charge is 2.51. The number of nitrogens with two attached hydrogens (primary N) is 1. The van der Waals surface area contributed by atoms with E-state index in [1.54, 1.807) is 0 Å². The molecule has 6 rings (SSSR count). The number of nitrogens with zero attached hydrogens (tertiary/aromatic N) is 4. The molecular weight excluding hydrogens is 582 g/mol. The molecule has 2 saturated heterocycles. The van der Waals surface area contributed by atoms with E-state index < -0.39 is 52.1 Å². The first-order valence-electron chi connectivity index (χ1n) is 14.5. The van der Waals surface area contributed by atoms with Crippen molar-refractivity contribution < 1.29 is 32.2 Å². The summed E-state index contributed by atoms with van der Waals surface area (Å²) in [7, 11) is 0. The van der Waals surface area contributed by atoms with Crippen molar-refractivity contribution >= 4 is 28.3 Å². The van der Waals surface area contributed by atoms with Crippen LogP contribution in [0.4, 0.5) is 29.2 Å². The molecule has 4 unspecified atom stereocenters. The van der Waals surface area contributed by atoms with Crippen molar-refractivity contribution in [3.8, 4) is 17.1 Å².